The number of phenols is 2. The maximum Gasteiger partial charge on any atom is 0.336 e. The van der Waals surface area contributed by atoms with E-state index in [9.17, 15) is 15.0 Å². The van der Waals surface area contributed by atoms with Gasteiger partial charge in [0.25, 0.3) is 0 Å². The van der Waals surface area contributed by atoms with Gasteiger partial charge in [-0.25, -0.2) is 4.79 Å². The maximum atomic E-state index is 11.6. The molecule has 0 aliphatic heterocycles. The minimum Gasteiger partial charge on any atom is -0.504 e. The molecule has 0 amide bonds. The molecule has 3 rings (SSSR count). The molecule has 23 heavy (non-hydrogen) atoms. The third kappa shape index (κ3) is 2.89. The maximum absolute atomic E-state index is 11.6. The second-order valence-electron chi connectivity index (χ2n) is 4.89. The van der Waals surface area contributed by atoms with Crippen molar-refractivity contribution in [2.45, 2.75) is 6.92 Å². The first-order valence-corrected chi connectivity index (χ1v) is 7.00. The van der Waals surface area contributed by atoms with Gasteiger partial charge < -0.3 is 14.6 Å². The summed E-state index contributed by atoms with van der Waals surface area (Å²) in [5, 5.41) is 28.7. The van der Waals surface area contributed by atoms with Crippen molar-refractivity contribution >= 4 is 33.9 Å². The molecule has 1 heterocycles. The molecular formula is C16H11ClN2O4. The quantitative estimate of drug-likeness (QED) is 0.408. The fourth-order valence-electron chi connectivity index (χ4n) is 2.12. The summed E-state index contributed by atoms with van der Waals surface area (Å²) in [6.07, 6.45) is 0. The number of halogens is 1. The Hall–Kier alpha value is -2.86. The minimum atomic E-state index is -0.581. The lowest BCUT2D eigenvalue weighted by Crippen LogP contribution is -1.97. The third-order valence-corrected chi connectivity index (χ3v) is 3.51. The Labute approximate surface area is 135 Å². The highest BCUT2D eigenvalue weighted by molar-refractivity contribution is 6.30. The summed E-state index contributed by atoms with van der Waals surface area (Å²) in [4.78, 5) is 11.6. The number of aryl methyl sites for hydroxylation is 1. The second-order valence-corrected chi connectivity index (χ2v) is 5.33. The standard InChI is InChI=1S/C16H11ClN2O4/c1-8-6-13(21)23-16-11(8)7-12(20)15(22)14(16)19-18-10-4-2-9(17)3-5-10/h2-7,20,22H,1H3. The third-order valence-electron chi connectivity index (χ3n) is 3.26. The Balaban J connectivity index is 2.21. The van der Waals surface area contributed by atoms with Crippen LogP contribution in [0, 0.1) is 6.92 Å². The van der Waals surface area contributed by atoms with E-state index in [0.717, 1.165) is 0 Å². The first kappa shape index (κ1) is 15.1. The summed E-state index contributed by atoms with van der Waals surface area (Å²) in [5.74, 6) is -0.886. The van der Waals surface area contributed by atoms with Crippen LogP contribution in [0.2, 0.25) is 5.02 Å². The number of fused-ring (bicyclic) bond motifs is 1. The molecule has 6 nitrogen and oxygen atoms in total. The normalized spacial score (nSPS) is 11.4. The molecule has 0 unspecified atom stereocenters. The van der Waals surface area contributed by atoms with Crippen LogP contribution in [0.4, 0.5) is 11.4 Å². The molecule has 0 radical (unpaired) electrons. The lowest BCUT2D eigenvalue weighted by molar-refractivity contribution is 0.404. The zero-order chi connectivity index (χ0) is 16.6. The zero-order valence-electron chi connectivity index (χ0n) is 11.9. The predicted molar refractivity (Wildman–Crippen MR) is 86.2 cm³/mol. The number of aromatic hydroxyl groups is 2. The van der Waals surface area contributed by atoms with E-state index in [0.29, 0.717) is 21.7 Å². The molecule has 0 spiro atoms. The van der Waals surface area contributed by atoms with Crippen LogP contribution in [0.15, 0.2) is 55.8 Å². The van der Waals surface area contributed by atoms with Gasteiger partial charge in [0, 0.05) is 16.5 Å². The van der Waals surface area contributed by atoms with Gasteiger partial charge >= 0.3 is 5.63 Å². The van der Waals surface area contributed by atoms with Crippen LogP contribution >= 0.6 is 11.6 Å². The first-order chi connectivity index (χ1) is 11.0. The van der Waals surface area contributed by atoms with E-state index >= 15 is 0 Å². The minimum absolute atomic E-state index is 0.0583. The summed E-state index contributed by atoms with van der Waals surface area (Å²) in [5.41, 5.74) is 0.441. The highest BCUT2D eigenvalue weighted by atomic mass is 35.5. The molecule has 116 valence electrons. The van der Waals surface area contributed by atoms with E-state index in [4.69, 9.17) is 16.0 Å². The Bertz CT molecular complexity index is 978. The molecule has 0 aliphatic carbocycles. The molecule has 0 saturated heterocycles. The van der Waals surface area contributed by atoms with Crippen molar-refractivity contribution in [3.8, 4) is 11.5 Å². The van der Waals surface area contributed by atoms with E-state index in [1.807, 2.05) is 0 Å². The van der Waals surface area contributed by atoms with Crippen molar-refractivity contribution in [2.24, 2.45) is 10.2 Å². The van der Waals surface area contributed by atoms with E-state index in [1.165, 1.54) is 12.1 Å². The van der Waals surface area contributed by atoms with Crippen molar-refractivity contribution in [3.63, 3.8) is 0 Å². The zero-order valence-corrected chi connectivity index (χ0v) is 12.7. The van der Waals surface area contributed by atoms with Crippen LogP contribution in [0.1, 0.15) is 5.56 Å². The van der Waals surface area contributed by atoms with E-state index in [-0.39, 0.29) is 17.0 Å². The molecule has 0 atom stereocenters. The number of hydrogen-bond donors (Lipinski definition) is 2. The Morgan fingerprint density at radius 3 is 2.48 bits per heavy atom. The second kappa shape index (κ2) is 5.73. The van der Waals surface area contributed by atoms with E-state index in [2.05, 4.69) is 10.2 Å². The van der Waals surface area contributed by atoms with E-state index < -0.39 is 11.4 Å². The smallest absolute Gasteiger partial charge is 0.336 e. The number of hydrogen-bond acceptors (Lipinski definition) is 6. The molecular weight excluding hydrogens is 320 g/mol. The first-order valence-electron chi connectivity index (χ1n) is 6.62. The monoisotopic (exact) mass is 330 g/mol. The van der Waals surface area contributed by atoms with Gasteiger partial charge in [-0.05, 0) is 42.8 Å². The molecule has 0 saturated carbocycles. The lowest BCUT2D eigenvalue weighted by atomic mass is 10.1. The highest BCUT2D eigenvalue weighted by Crippen LogP contribution is 2.43. The SMILES string of the molecule is Cc1cc(=O)oc2c(N=Nc3ccc(Cl)cc3)c(O)c(O)cc12. The molecule has 0 fully saturated rings. The van der Waals surface area contributed by atoms with Gasteiger partial charge in [0.2, 0.25) is 0 Å². The number of azo groups is 1. The summed E-state index contributed by atoms with van der Waals surface area (Å²) in [6, 6.07) is 9.15. The topological polar surface area (TPSA) is 95.4 Å². The van der Waals surface area contributed by atoms with Gasteiger partial charge in [0.15, 0.2) is 22.8 Å². The van der Waals surface area contributed by atoms with Gasteiger partial charge in [-0.1, -0.05) is 11.6 Å². The van der Waals surface area contributed by atoms with Crippen LogP contribution in [0.5, 0.6) is 11.5 Å². The molecule has 7 heteroatoms. The summed E-state index contributed by atoms with van der Waals surface area (Å²) < 4.78 is 5.12. The van der Waals surface area contributed by atoms with Gasteiger partial charge in [-0.3, -0.25) is 0 Å². The average molecular weight is 331 g/mol. The Kier molecular flexibility index (Phi) is 3.75. The van der Waals surface area contributed by atoms with Crippen LogP contribution < -0.4 is 5.63 Å². The van der Waals surface area contributed by atoms with Crippen LogP contribution in [0.25, 0.3) is 11.0 Å². The molecule has 3 aromatic rings. The van der Waals surface area contributed by atoms with Crippen molar-refractivity contribution < 1.29 is 14.6 Å². The van der Waals surface area contributed by atoms with Crippen molar-refractivity contribution in [3.05, 3.63) is 57.4 Å². The number of benzene rings is 2. The van der Waals surface area contributed by atoms with Crippen molar-refractivity contribution in [1.82, 2.24) is 0 Å². The molecule has 1 aromatic heterocycles. The number of phenolic OH excluding ortho intramolecular Hbond substituents is 2. The van der Waals surface area contributed by atoms with Gasteiger partial charge in [-0.15, -0.1) is 5.11 Å². The Morgan fingerprint density at radius 2 is 1.78 bits per heavy atom. The van der Waals surface area contributed by atoms with Crippen LogP contribution in [0.3, 0.4) is 0 Å². The van der Waals surface area contributed by atoms with Crippen molar-refractivity contribution in [2.75, 3.05) is 0 Å². The molecule has 2 N–H and O–H groups in total. The molecule has 0 aliphatic rings. The highest BCUT2D eigenvalue weighted by Gasteiger charge is 2.16. The molecule has 0 bridgehead atoms. The lowest BCUT2D eigenvalue weighted by Gasteiger charge is -2.06. The summed E-state index contributed by atoms with van der Waals surface area (Å²) in [6.45, 7) is 1.69. The van der Waals surface area contributed by atoms with Gasteiger partial charge in [0.1, 0.15) is 0 Å². The van der Waals surface area contributed by atoms with Crippen LogP contribution in [-0.4, -0.2) is 10.2 Å². The molecule has 2 aromatic carbocycles. The summed E-state index contributed by atoms with van der Waals surface area (Å²) >= 11 is 5.79. The van der Waals surface area contributed by atoms with Gasteiger partial charge in [-0.2, -0.15) is 5.11 Å². The number of rotatable bonds is 2. The van der Waals surface area contributed by atoms with E-state index in [1.54, 1.807) is 31.2 Å². The number of nitrogens with zero attached hydrogens (tertiary/aromatic N) is 2. The predicted octanol–water partition coefficient (Wildman–Crippen LogP) is 4.58. The average Bonchev–Trinajstić information content (AvgIpc) is 2.51. The van der Waals surface area contributed by atoms with Crippen molar-refractivity contribution in [1.29, 1.82) is 0 Å². The fourth-order valence-corrected chi connectivity index (χ4v) is 2.24. The fraction of sp³-hybridized carbons (Fsp3) is 0.0625. The largest absolute Gasteiger partial charge is 0.504 e. The van der Waals surface area contributed by atoms with Crippen LogP contribution in [-0.2, 0) is 0 Å². The Morgan fingerprint density at radius 1 is 1.09 bits per heavy atom. The summed E-state index contributed by atoms with van der Waals surface area (Å²) in [7, 11) is 0. The van der Waals surface area contributed by atoms with Gasteiger partial charge in [0.05, 0.1) is 5.69 Å².